The van der Waals surface area contributed by atoms with E-state index in [1.165, 1.54) is 6.07 Å². The van der Waals surface area contributed by atoms with Crippen LogP contribution in [0, 0.1) is 12.7 Å². The molecule has 1 aromatic carbocycles. The summed E-state index contributed by atoms with van der Waals surface area (Å²) in [6.45, 7) is 5.52. The van der Waals surface area contributed by atoms with Crippen LogP contribution in [0.25, 0.3) is 0 Å². The molecular weight excluding hydrogens is 263 g/mol. The first-order chi connectivity index (χ1) is 9.08. The molecule has 1 atom stereocenters. The van der Waals surface area contributed by atoms with Crippen LogP contribution in [0.1, 0.15) is 12.5 Å². The summed E-state index contributed by atoms with van der Waals surface area (Å²) in [7, 11) is 0. The summed E-state index contributed by atoms with van der Waals surface area (Å²) in [5.74, 6) is 1.58. The largest absolute Gasteiger partial charge is 0.322 e. The third-order valence-electron chi connectivity index (χ3n) is 3.36. The minimum atomic E-state index is -0.380. The van der Waals surface area contributed by atoms with Crippen LogP contribution in [0.5, 0.6) is 0 Å². The molecule has 1 saturated heterocycles. The van der Waals surface area contributed by atoms with Crippen LogP contribution in [0.3, 0.4) is 0 Å². The van der Waals surface area contributed by atoms with Crippen molar-refractivity contribution < 1.29 is 9.18 Å². The van der Waals surface area contributed by atoms with Crippen LogP contribution in [0.15, 0.2) is 18.2 Å². The van der Waals surface area contributed by atoms with E-state index in [0.29, 0.717) is 0 Å². The second-order valence-corrected chi connectivity index (χ2v) is 6.02. The first-order valence-electron chi connectivity index (χ1n) is 6.47. The van der Waals surface area contributed by atoms with Gasteiger partial charge in [0.2, 0.25) is 5.91 Å². The van der Waals surface area contributed by atoms with Crippen molar-refractivity contribution in [2.75, 3.05) is 29.9 Å². The highest BCUT2D eigenvalue weighted by atomic mass is 32.2. The molecule has 104 valence electrons. The number of anilines is 1. The number of carbonyl (C=O) groups is 1. The minimum Gasteiger partial charge on any atom is -0.322 e. The fourth-order valence-corrected chi connectivity index (χ4v) is 3.02. The highest BCUT2D eigenvalue weighted by Gasteiger charge is 2.23. The first-order valence-corrected chi connectivity index (χ1v) is 7.62. The third kappa shape index (κ3) is 3.70. The molecule has 19 heavy (non-hydrogen) atoms. The van der Waals surface area contributed by atoms with Gasteiger partial charge in [0.05, 0.1) is 11.7 Å². The molecule has 1 unspecified atom stereocenters. The van der Waals surface area contributed by atoms with E-state index >= 15 is 0 Å². The van der Waals surface area contributed by atoms with Crippen LogP contribution < -0.4 is 5.32 Å². The van der Waals surface area contributed by atoms with Gasteiger partial charge >= 0.3 is 0 Å². The number of hydrogen-bond acceptors (Lipinski definition) is 3. The number of nitrogens with one attached hydrogen (secondary N) is 1. The molecular formula is C14H19FN2OS. The van der Waals surface area contributed by atoms with Crippen molar-refractivity contribution in [3.05, 3.63) is 29.6 Å². The Bertz CT molecular complexity index is 461. The van der Waals surface area contributed by atoms with E-state index in [1.54, 1.807) is 12.1 Å². The lowest BCUT2D eigenvalue weighted by molar-refractivity contribution is -0.120. The molecule has 1 amide bonds. The Morgan fingerprint density at radius 1 is 1.42 bits per heavy atom. The van der Waals surface area contributed by atoms with E-state index < -0.39 is 0 Å². The Balaban J connectivity index is 1.99. The number of halogens is 1. The van der Waals surface area contributed by atoms with E-state index in [1.807, 2.05) is 25.6 Å². The lowest BCUT2D eigenvalue weighted by Crippen LogP contribution is -2.46. The molecule has 1 heterocycles. The second kappa shape index (κ2) is 6.39. The number of hydrogen-bond donors (Lipinski definition) is 1. The van der Waals surface area contributed by atoms with Gasteiger partial charge in [-0.05, 0) is 31.5 Å². The molecule has 5 heteroatoms. The second-order valence-electron chi connectivity index (χ2n) is 4.80. The standard InChI is InChI=1S/C14H19FN2OS/c1-10-3-4-13(12(15)9-10)16-14(18)11(2)17-5-7-19-8-6-17/h3-4,9,11H,5-8H2,1-2H3,(H,16,18). The van der Waals surface area contributed by atoms with Crippen molar-refractivity contribution in [3.63, 3.8) is 0 Å². The van der Waals surface area contributed by atoms with E-state index in [2.05, 4.69) is 10.2 Å². The third-order valence-corrected chi connectivity index (χ3v) is 4.30. The van der Waals surface area contributed by atoms with Gasteiger partial charge in [0, 0.05) is 24.6 Å². The summed E-state index contributed by atoms with van der Waals surface area (Å²) < 4.78 is 13.7. The maximum Gasteiger partial charge on any atom is 0.241 e. The fraction of sp³-hybridized carbons (Fsp3) is 0.500. The van der Waals surface area contributed by atoms with Crippen LogP contribution in [-0.4, -0.2) is 41.4 Å². The van der Waals surface area contributed by atoms with E-state index in [9.17, 15) is 9.18 Å². The smallest absolute Gasteiger partial charge is 0.241 e. The van der Waals surface area contributed by atoms with Gasteiger partial charge in [0.15, 0.2) is 0 Å². The Hall–Kier alpha value is -1.07. The monoisotopic (exact) mass is 282 g/mol. The van der Waals surface area contributed by atoms with Gasteiger partial charge in [-0.2, -0.15) is 11.8 Å². The summed E-state index contributed by atoms with van der Waals surface area (Å²) >= 11 is 1.90. The molecule has 1 fully saturated rings. The number of carbonyl (C=O) groups excluding carboxylic acids is 1. The molecule has 0 aliphatic carbocycles. The molecule has 3 nitrogen and oxygen atoms in total. The van der Waals surface area contributed by atoms with Crippen molar-refractivity contribution in [2.24, 2.45) is 0 Å². The molecule has 1 aliphatic heterocycles. The highest BCUT2D eigenvalue weighted by Crippen LogP contribution is 2.17. The predicted molar refractivity (Wildman–Crippen MR) is 78.1 cm³/mol. The molecule has 1 aromatic rings. The lowest BCUT2D eigenvalue weighted by atomic mass is 10.2. The average molecular weight is 282 g/mol. The molecule has 2 rings (SSSR count). The summed E-state index contributed by atoms with van der Waals surface area (Å²) in [5, 5.41) is 2.67. The summed E-state index contributed by atoms with van der Waals surface area (Å²) in [5.41, 5.74) is 1.10. The molecule has 0 radical (unpaired) electrons. The Labute approximate surface area is 117 Å². The van der Waals surface area contributed by atoms with Crippen LogP contribution in [-0.2, 0) is 4.79 Å². The zero-order chi connectivity index (χ0) is 13.8. The predicted octanol–water partition coefficient (Wildman–Crippen LogP) is 2.51. The van der Waals surface area contributed by atoms with Gasteiger partial charge < -0.3 is 5.32 Å². The maximum absolute atomic E-state index is 13.7. The fourth-order valence-electron chi connectivity index (χ4n) is 2.09. The molecule has 1 N–H and O–H groups in total. The lowest BCUT2D eigenvalue weighted by Gasteiger charge is -2.31. The highest BCUT2D eigenvalue weighted by molar-refractivity contribution is 7.99. The Morgan fingerprint density at radius 3 is 2.74 bits per heavy atom. The number of benzene rings is 1. The van der Waals surface area contributed by atoms with E-state index in [-0.39, 0.29) is 23.5 Å². The number of nitrogens with zero attached hydrogens (tertiary/aromatic N) is 1. The van der Waals surface area contributed by atoms with Gasteiger partial charge in [0.1, 0.15) is 5.82 Å². The number of amides is 1. The van der Waals surface area contributed by atoms with Gasteiger partial charge in [-0.25, -0.2) is 4.39 Å². The zero-order valence-electron chi connectivity index (χ0n) is 11.3. The number of rotatable bonds is 3. The van der Waals surface area contributed by atoms with Crippen molar-refractivity contribution in [3.8, 4) is 0 Å². The van der Waals surface area contributed by atoms with Crippen molar-refractivity contribution in [2.45, 2.75) is 19.9 Å². The minimum absolute atomic E-state index is 0.144. The Morgan fingerprint density at radius 2 is 2.11 bits per heavy atom. The van der Waals surface area contributed by atoms with E-state index in [4.69, 9.17) is 0 Å². The van der Waals surface area contributed by atoms with Gasteiger partial charge in [-0.1, -0.05) is 6.07 Å². The molecule has 1 aliphatic rings. The van der Waals surface area contributed by atoms with Crippen LogP contribution >= 0.6 is 11.8 Å². The summed E-state index contributed by atoms with van der Waals surface area (Å²) in [4.78, 5) is 14.3. The normalized spacial score (nSPS) is 18.1. The summed E-state index contributed by atoms with van der Waals surface area (Å²) in [6.07, 6.45) is 0. The van der Waals surface area contributed by atoms with Crippen molar-refractivity contribution in [1.29, 1.82) is 0 Å². The molecule has 0 saturated carbocycles. The molecule has 0 aromatic heterocycles. The quantitative estimate of drug-likeness (QED) is 0.924. The molecule has 0 bridgehead atoms. The van der Waals surface area contributed by atoms with E-state index in [0.717, 1.165) is 30.2 Å². The van der Waals surface area contributed by atoms with Crippen molar-refractivity contribution in [1.82, 2.24) is 4.90 Å². The topological polar surface area (TPSA) is 32.3 Å². The maximum atomic E-state index is 13.7. The Kier molecular flexibility index (Phi) is 4.82. The summed E-state index contributed by atoms with van der Waals surface area (Å²) in [6, 6.07) is 4.61. The molecule has 0 spiro atoms. The first kappa shape index (κ1) is 14.3. The van der Waals surface area contributed by atoms with Crippen molar-refractivity contribution >= 4 is 23.4 Å². The number of thioether (sulfide) groups is 1. The van der Waals surface area contributed by atoms with Gasteiger partial charge in [0.25, 0.3) is 0 Å². The SMILES string of the molecule is Cc1ccc(NC(=O)C(C)N2CCSCC2)c(F)c1. The van der Waals surface area contributed by atoms with Crippen LogP contribution in [0.4, 0.5) is 10.1 Å². The number of aryl methyl sites for hydroxylation is 1. The van der Waals surface area contributed by atoms with Gasteiger partial charge in [-0.3, -0.25) is 9.69 Å². The zero-order valence-corrected chi connectivity index (χ0v) is 12.1. The van der Waals surface area contributed by atoms with Crippen LogP contribution in [0.2, 0.25) is 0 Å². The van der Waals surface area contributed by atoms with Gasteiger partial charge in [-0.15, -0.1) is 0 Å². The average Bonchev–Trinajstić information content (AvgIpc) is 2.42.